The first-order valence-corrected chi connectivity index (χ1v) is 6.03. The van der Waals surface area contributed by atoms with Gasteiger partial charge in [0.1, 0.15) is 10.3 Å². The molecular formula is C10H17BrN4O. The number of halogens is 1. The van der Waals surface area contributed by atoms with Crippen molar-refractivity contribution < 1.29 is 0 Å². The molecule has 0 aromatic carbocycles. The summed E-state index contributed by atoms with van der Waals surface area (Å²) < 4.78 is 0.414. The van der Waals surface area contributed by atoms with Crippen LogP contribution in [0.3, 0.4) is 0 Å². The highest BCUT2D eigenvalue weighted by molar-refractivity contribution is 9.10. The van der Waals surface area contributed by atoms with Crippen molar-refractivity contribution in [3.8, 4) is 0 Å². The third-order valence-corrected chi connectivity index (χ3v) is 2.91. The van der Waals surface area contributed by atoms with Gasteiger partial charge in [-0.05, 0) is 28.3 Å². The molecular weight excluding hydrogens is 272 g/mol. The summed E-state index contributed by atoms with van der Waals surface area (Å²) in [5.41, 5.74) is 5.47. The molecule has 0 amide bonds. The Morgan fingerprint density at radius 3 is 2.88 bits per heavy atom. The highest BCUT2D eigenvalue weighted by atomic mass is 79.9. The summed E-state index contributed by atoms with van der Waals surface area (Å²) in [6, 6.07) is 0.130. The molecule has 4 N–H and O–H groups in total. The van der Waals surface area contributed by atoms with Crippen molar-refractivity contribution in [1.82, 2.24) is 9.97 Å². The van der Waals surface area contributed by atoms with Gasteiger partial charge in [0.25, 0.3) is 5.56 Å². The molecule has 0 aliphatic carbocycles. The fraction of sp³-hybridized carbons (Fsp3) is 0.600. The van der Waals surface area contributed by atoms with E-state index in [1.54, 1.807) is 0 Å². The Morgan fingerprint density at radius 2 is 2.31 bits per heavy atom. The molecule has 1 heterocycles. The Labute approximate surface area is 103 Å². The average molecular weight is 289 g/mol. The lowest BCUT2D eigenvalue weighted by molar-refractivity contribution is 0.520. The van der Waals surface area contributed by atoms with Crippen molar-refractivity contribution in [1.29, 1.82) is 0 Å². The fourth-order valence-electron chi connectivity index (χ4n) is 1.46. The second-order valence-electron chi connectivity index (χ2n) is 4.10. The van der Waals surface area contributed by atoms with Crippen molar-refractivity contribution in [2.24, 2.45) is 11.7 Å². The van der Waals surface area contributed by atoms with Crippen LogP contribution in [0.25, 0.3) is 0 Å². The second-order valence-corrected chi connectivity index (χ2v) is 4.89. The fourth-order valence-corrected chi connectivity index (χ4v) is 1.79. The third kappa shape index (κ3) is 3.61. The number of H-pyrrole nitrogens is 1. The Bertz CT molecular complexity index is 391. The largest absolute Gasteiger partial charge is 0.365 e. The van der Waals surface area contributed by atoms with Gasteiger partial charge in [0.2, 0.25) is 0 Å². The van der Waals surface area contributed by atoms with E-state index < -0.39 is 0 Å². The molecule has 0 radical (unpaired) electrons. The van der Waals surface area contributed by atoms with Crippen molar-refractivity contribution >= 4 is 21.7 Å². The maximum Gasteiger partial charge on any atom is 0.267 e. The van der Waals surface area contributed by atoms with Crippen molar-refractivity contribution in [3.63, 3.8) is 0 Å². The predicted molar refractivity (Wildman–Crippen MR) is 68.5 cm³/mol. The van der Waals surface area contributed by atoms with Crippen LogP contribution in [-0.4, -0.2) is 22.6 Å². The molecule has 1 unspecified atom stereocenters. The van der Waals surface area contributed by atoms with Gasteiger partial charge in [-0.25, -0.2) is 4.98 Å². The minimum atomic E-state index is -0.196. The molecule has 0 fully saturated rings. The highest BCUT2D eigenvalue weighted by Crippen LogP contribution is 2.16. The lowest BCUT2D eigenvalue weighted by Gasteiger charge is -2.19. The first-order chi connectivity index (χ1) is 7.54. The van der Waals surface area contributed by atoms with E-state index in [-0.39, 0.29) is 11.6 Å². The summed E-state index contributed by atoms with van der Waals surface area (Å²) >= 11 is 3.19. The van der Waals surface area contributed by atoms with Crippen LogP contribution in [0, 0.1) is 5.92 Å². The van der Waals surface area contributed by atoms with Crippen LogP contribution >= 0.6 is 15.9 Å². The van der Waals surface area contributed by atoms with E-state index >= 15 is 0 Å². The van der Waals surface area contributed by atoms with E-state index in [1.807, 2.05) is 0 Å². The molecule has 0 bridgehead atoms. The minimum absolute atomic E-state index is 0.130. The van der Waals surface area contributed by atoms with Crippen LogP contribution in [0.4, 0.5) is 5.82 Å². The number of aromatic nitrogens is 2. The SMILES string of the molecule is CC(C)CC(CN)Nc1nc[nH]c(=O)c1Br. The van der Waals surface area contributed by atoms with Gasteiger partial charge in [0, 0.05) is 12.6 Å². The lowest BCUT2D eigenvalue weighted by Crippen LogP contribution is -2.31. The smallest absolute Gasteiger partial charge is 0.267 e. The molecule has 0 saturated carbocycles. The van der Waals surface area contributed by atoms with Crippen LogP contribution in [0.15, 0.2) is 15.6 Å². The number of nitrogens with two attached hydrogens (primary N) is 1. The normalized spacial score (nSPS) is 12.8. The number of nitrogens with one attached hydrogen (secondary N) is 2. The van der Waals surface area contributed by atoms with Gasteiger partial charge >= 0.3 is 0 Å². The van der Waals surface area contributed by atoms with E-state index in [4.69, 9.17) is 5.73 Å². The van der Waals surface area contributed by atoms with E-state index in [0.717, 1.165) is 6.42 Å². The summed E-state index contributed by atoms with van der Waals surface area (Å²) in [6.07, 6.45) is 2.32. The summed E-state index contributed by atoms with van der Waals surface area (Å²) in [7, 11) is 0. The zero-order valence-electron chi connectivity index (χ0n) is 9.46. The Kier molecular flexibility index (Phi) is 4.95. The number of hydrogen-bond donors (Lipinski definition) is 3. The van der Waals surface area contributed by atoms with E-state index in [1.165, 1.54) is 6.33 Å². The van der Waals surface area contributed by atoms with Gasteiger partial charge in [0.15, 0.2) is 0 Å². The summed E-state index contributed by atoms with van der Waals surface area (Å²) in [5, 5.41) is 3.17. The number of hydrogen-bond acceptors (Lipinski definition) is 4. The first kappa shape index (κ1) is 13.2. The van der Waals surface area contributed by atoms with Gasteiger partial charge in [-0.2, -0.15) is 0 Å². The zero-order valence-corrected chi connectivity index (χ0v) is 11.0. The molecule has 16 heavy (non-hydrogen) atoms. The summed E-state index contributed by atoms with van der Waals surface area (Å²) in [5.74, 6) is 1.08. The molecule has 1 aromatic rings. The Hall–Kier alpha value is -0.880. The van der Waals surface area contributed by atoms with Crippen molar-refractivity contribution in [2.75, 3.05) is 11.9 Å². The van der Waals surface area contributed by atoms with Gasteiger partial charge in [-0.15, -0.1) is 0 Å². The van der Waals surface area contributed by atoms with E-state index in [2.05, 4.69) is 45.1 Å². The van der Waals surface area contributed by atoms with Gasteiger partial charge in [0.05, 0.1) is 6.33 Å². The highest BCUT2D eigenvalue weighted by Gasteiger charge is 2.12. The van der Waals surface area contributed by atoms with Gasteiger partial charge in [-0.1, -0.05) is 13.8 Å². The van der Waals surface area contributed by atoms with Crippen molar-refractivity contribution in [2.45, 2.75) is 26.3 Å². The number of anilines is 1. The van der Waals surface area contributed by atoms with Crippen molar-refractivity contribution in [3.05, 3.63) is 21.2 Å². The maximum atomic E-state index is 11.3. The monoisotopic (exact) mass is 288 g/mol. The molecule has 1 atom stereocenters. The topological polar surface area (TPSA) is 83.8 Å². The zero-order chi connectivity index (χ0) is 12.1. The number of rotatable bonds is 5. The predicted octanol–water partition coefficient (Wildman–Crippen LogP) is 1.32. The van der Waals surface area contributed by atoms with E-state index in [9.17, 15) is 4.79 Å². The second kappa shape index (κ2) is 6.00. The summed E-state index contributed by atoms with van der Waals surface area (Å²) in [6.45, 7) is 4.77. The third-order valence-electron chi connectivity index (χ3n) is 2.18. The number of aromatic amines is 1. The average Bonchev–Trinajstić information content (AvgIpc) is 2.23. The molecule has 0 spiro atoms. The van der Waals surface area contributed by atoms with Crippen LogP contribution in [0.1, 0.15) is 20.3 Å². The molecule has 0 aliphatic rings. The van der Waals surface area contributed by atoms with Gasteiger partial charge < -0.3 is 16.0 Å². The molecule has 5 nitrogen and oxygen atoms in total. The molecule has 6 heteroatoms. The Balaban J connectivity index is 2.78. The van der Waals surface area contributed by atoms with E-state index in [0.29, 0.717) is 22.8 Å². The minimum Gasteiger partial charge on any atom is -0.365 e. The van der Waals surface area contributed by atoms with Crippen LogP contribution in [-0.2, 0) is 0 Å². The van der Waals surface area contributed by atoms with Crippen LogP contribution in [0.2, 0.25) is 0 Å². The standard InChI is InChI=1S/C10H17BrN4O/c1-6(2)3-7(4-12)15-9-8(11)10(16)14-5-13-9/h5-7H,3-4,12H2,1-2H3,(H2,13,14,15,16). The maximum absolute atomic E-state index is 11.3. The molecule has 1 rings (SSSR count). The first-order valence-electron chi connectivity index (χ1n) is 5.24. The summed E-state index contributed by atoms with van der Waals surface area (Å²) in [4.78, 5) is 17.9. The Morgan fingerprint density at radius 1 is 1.62 bits per heavy atom. The molecule has 0 aliphatic heterocycles. The quantitative estimate of drug-likeness (QED) is 0.763. The van der Waals surface area contributed by atoms with Crippen LogP contribution < -0.4 is 16.6 Å². The number of nitrogens with zero attached hydrogens (tertiary/aromatic N) is 1. The molecule has 90 valence electrons. The van der Waals surface area contributed by atoms with Crippen LogP contribution in [0.5, 0.6) is 0 Å². The molecule has 0 saturated heterocycles. The molecule has 1 aromatic heterocycles. The lowest BCUT2D eigenvalue weighted by atomic mass is 10.0. The van der Waals surface area contributed by atoms with Gasteiger partial charge in [-0.3, -0.25) is 4.79 Å².